The number of hydrogen-bond donors (Lipinski definition) is 0. The van der Waals surface area contributed by atoms with Crippen LogP contribution in [0.5, 0.6) is 5.75 Å². The van der Waals surface area contributed by atoms with E-state index >= 15 is 0 Å². The SMILES string of the molecule is CCOc1c(N(C)C)cccc1-n1cc(-c2ccccn2)cc(-c2ccccc2Cl)c1=O. The van der Waals surface area contributed by atoms with Crippen LogP contribution in [0.1, 0.15) is 6.92 Å². The number of aromatic nitrogens is 2. The number of nitrogens with zero attached hydrogens (tertiary/aromatic N) is 3. The van der Waals surface area contributed by atoms with Gasteiger partial charge in [-0.05, 0) is 43.3 Å². The Labute approximate surface area is 192 Å². The molecule has 32 heavy (non-hydrogen) atoms. The molecule has 2 aromatic carbocycles. The number of para-hydroxylation sites is 1. The zero-order valence-corrected chi connectivity index (χ0v) is 19.0. The summed E-state index contributed by atoms with van der Waals surface area (Å²) in [7, 11) is 3.90. The third-order valence-corrected chi connectivity index (χ3v) is 5.47. The van der Waals surface area contributed by atoms with Gasteiger partial charge in [0.2, 0.25) is 0 Å². The molecule has 0 bridgehead atoms. The zero-order chi connectivity index (χ0) is 22.7. The Balaban J connectivity index is 2.06. The molecule has 6 heteroatoms. The number of halogens is 1. The van der Waals surface area contributed by atoms with Gasteiger partial charge >= 0.3 is 0 Å². The fraction of sp³-hybridized carbons (Fsp3) is 0.154. The lowest BCUT2D eigenvalue weighted by molar-refractivity contribution is 0.339. The highest BCUT2D eigenvalue weighted by Crippen LogP contribution is 2.35. The minimum atomic E-state index is -0.186. The maximum atomic E-state index is 13.8. The summed E-state index contributed by atoms with van der Waals surface area (Å²) in [6.07, 6.45) is 3.54. The molecular formula is C26H24ClN3O2. The standard InChI is InChI=1S/C26H24ClN3O2/c1-4-32-25-23(29(2)3)13-9-14-24(25)30-17-18(22-12-7-8-15-28-22)16-20(26(30)31)19-10-5-6-11-21(19)27/h5-17H,4H2,1-3H3. The van der Waals surface area contributed by atoms with Crippen molar-refractivity contribution >= 4 is 17.3 Å². The highest BCUT2D eigenvalue weighted by atomic mass is 35.5. The summed E-state index contributed by atoms with van der Waals surface area (Å²) >= 11 is 6.48. The molecule has 0 aliphatic heterocycles. The number of pyridine rings is 2. The Bertz CT molecular complexity index is 1300. The summed E-state index contributed by atoms with van der Waals surface area (Å²) in [4.78, 5) is 20.2. The molecule has 0 saturated carbocycles. The van der Waals surface area contributed by atoms with Crippen LogP contribution < -0.4 is 15.2 Å². The van der Waals surface area contributed by atoms with E-state index in [2.05, 4.69) is 4.98 Å². The Morgan fingerprint density at radius 3 is 2.47 bits per heavy atom. The van der Waals surface area contributed by atoms with Crippen LogP contribution in [0.2, 0.25) is 5.02 Å². The molecule has 0 atom stereocenters. The van der Waals surface area contributed by atoms with Crippen molar-refractivity contribution in [1.82, 2.24) is 9.55 Å². The second-order valence-electron chi connectivity index (χ2n) is 7.47. The predicted octanol–water partition coefficient (Wildman–Crippen LogP) is 5.68. The van der Waals surface area contributed by atoms with Gasteiger partial charge in [0.15, 0.2) is 5.75 Å². The van der Waals surface area contributed by atoms with Crippen molar-refractivity contribution < 1.29 is 4.74 Å². The molecule has 0 aliphatic carbocycles. The summed E-state index contributed by atoms with van der Waals surface area (Å²) < 4.78 is 7.64. The third kappa shape index (κ3) is 4.12. The number of ether oxygens (including phenoxy) is 1. The third-order valence-electron chi connectivity index (χ3n) is 5.15. The monoisotopic (exact) mass is 445 g/mol. The van der Waals surface area contributed by atoms with Crippen LogP contribution >= 0.6 is 11.6 Å². The van der Waals surface area contributed by atoms with Crippen LogP contribution in [0.4, 0.5) is 5.69 Å². The Morgan fingerprint density at radius 1 is 1.00 bits per heavy atom. The minimum absolute atomic E-state index is 0.186. The lowest BCUT2D eigenvalue weighted by Crippen LogP contribution is -2.22. The van der Waals surface area contributed by atoms with Crippen LogP contribution in [0.15, 0.2) is 83.9 Å². The van der Waals surface area contributed by atoms with Gasteiger partial charge in [0.1, 0.15) is 0 Å². The molecule has 4 aromatic rings. The highest BCUT2D eigenvalue weighted by molar-refractivity contribution is 6.33. The van der Waals surface area contributed by atoms with Gasteiger partial charge in [-0.1, -0.05) is 41.9 Å². The molecule has 0 radical (unpaired) electrons. The van der Waals surface area contributed by atoms with Crippen LogP contribution in [0.25, 0.3) is 28.1 Å². The Kier molecular flexibility index (Phi) is 6.28. The van der Waals surface area contributed by atoms with E-state index in [0.717, 1.165) is 16.9 Å². The first-order chi connectivity index (χ1) is 15.5. The summed E-state index contributed by atoms with van der Waals surface area (Å²) in [5.41, 5.74) is 4.10. The van der Waals surface area contributed by atoms with E-state index in [1.165, 1.54) is 0 Å². The summed E-state index contributed by atoms with van der Waals surface area (Å²) in [5, 5.41) is 0.515. The number of hydrogen-bond acceptors (Lipinski definition) is 4. The fourth-order valence-corrected chi connectivity index (χ4v) is 3.89. The van der Waals surface area contributed by atoms with E-state index in [4.69, 9.17) is 16.3 Å². The lowest BCUT2D eigenvalue weighted by atomic mass is 10.0. The second-order valence-corrected chi connectivity index (χ2v) is 7.87. The van der Waals surface area contributed by atoms with E-state index in [1.807, 2.05) is 92.8 Å². The summed E-state index contributed by atoms with van der Waals surface area (Å²) in [6.45, 7) is 2.41. The zero-order valence-electron chi connectivity index (χ0n) is 18.2. The van der Waals surface area contributed by atoms with Gasteiger partial charge in [0.25, 0.3) is 5.56 Å². The van der Waals surface area contributed by atoms with E-state index in [-0.39, 0.29) is 5.56 Å². The van der Waals surface area contributed by atoms with Gasteiger partial charge < -0.3 is 9.64 Å². The molecule has 2 aromatic heterocycles. The van der Waals surface area contributed by atoms with Gasteiger partial charge in [-0.2, -0.15) is 0 Å². The molecule has 5 nitrogen and oxygen atoms in total. The van der Waals surface area contributed by atoms with Crippen molar-refractivity contribution in [2.75, 3.05) is 25.6 Å². The fourth-order valence-electron chi connectivity index (χ4n) is 3.65. The molecule has 0 amide bonds. The molecular weight excluding hydrogens is 422 g/mol. The number of anilines is 1. The normalized spacial score (nSPS) is 10.8. The molecule has 0 unspecified atom stereocenters. The minimum Gasteiger partial charge on any atom is -0.489 e. The van der Waals surface area contributed by atoms with Crippen LogP contribution in [0.3, 0.4) is 0 Å². The Hall–Kier alpha value is -3.57. The smallest absolute Gasteiger partial charge is 0.263 e. The average molecular weight is 446 g/mol. The molecule has 0 N–H and O–H groups in total. The largest absolute Gasteiger partial charge is 0.489 e. The first-order valence-corrected chi connectivity index (χ1v) is 10.8. The van der Waals surface area contributed by atoms with Crippen molar-refractivity contribution in [2.24, 2.45) is 0 Å². The quantitative estimate of drug-likeness (QED) is 0.383. The maximum absolute atomic E-state index is 13.8. The van der Waals surface area contributed by atoms with Gasteiger partial charge in [-0.25, -0.2) is 0 Å². The molecule has 0 aliphatic rings. The first-order valence-electron chi connectivity index (χ1n) is 10.4. The number of benzene rings is 2. The molecule has 0 fully saturated rings. The topological polar surface area (TPSA) is 47.4 Å². The van der Waals surface area contributed by atoms with E-state index in [1.54, 1.807) is 16.8 Å². The average Bonchev–Trinajstić information content (AvgIpc) is 2.81. The van der Waals surface area contributed by atoms with Gasteiger partial charge in [-0.3, -0.25) is 14.3 Å². The molecule has 4 rings (SSSR count). The second kappa shape index (κ2) is 9.28. The summed E-state index contributed by atoms with van der Waals surface area (Å²) in [6, 6.07) is 20.7. The van der Waals surface area contributed by atoms with Crippen LogP contribution in [-0.4, -0.2) is 30.3 Å². The van der Waals surface area contributed by atoms with Crippen LogP contribution in [0, 0.1) is 0 Å². The van der Waals surface area contributed by atoms with E-state index < -0.39 is 0 Å². The maximum Gasteiger partial charge on any atom is 0.263 e. The lowest BCUT2D eigenvalue weighted by Gasteiger charge is -2.21. The van der Waals surface area contributed by atoms with Crippen molar-refractivity contribution in [1.29, 1.82) is 0 Å². The molecule has 0 spiro atoms. The van der Waals surface area contributed by atoms with E-state index in [9.17, 15) is 4.79 Å². The first kappa shape index (κ1) is 21.7. The highest BCUT2D eigenvalue weighted by Gasteiger charge is 2.18. The van der Waals surface area contributed by atoms with Crippen molar-refractivity contribution in [3.63, 3.8) is 0 Å². The van der Waals surface area contributed by atoms with Gasteiger partial charge in [0.05, 0.1) is 23.7 Å². The number of rotatable bonds is 6. The summed E-state index contributed by atoms with van der Waals surface area (Å²) in [5.74, 6) is 0.644. The molecule has 2 heterocycles. The van der Waals surface area contributed by atoms with E-state index in [0.29, 0.717) is 34.2 Å². The van der Waals surface area contributed by atoms with Crippen molar-refractivity contribution in [3.05, 3.63) is 94.5 Å². The van der Waals surface area contributed by atoms with Crippen molar-refractivity contribution in [3.8, 4) is 33.8 Å². The van der Waals surface area contributed by atoms with Crippen LogP contribution in [-0.2, 0) is 0 Å². The molecule has 0 saturated heterocycles. The van der Waals surface area contributed by atoms with Crippen molar-refractivity contribution in [2.45, 2.75) is 6.92 Å². The Morgan fingerprint density at radius 2 is 1.78 bits per heavy atom. The predicted molar refractivity (Wildman–Crippen MR) is 131 cm³/mol. The van der Waals surface area contributed by atoms with Gasteiger partial charge in [0, 0.05) is 48.2 Å². The van der Waals surface area contributed by atoms with Gasteiger partial charge in [-0.15, -0.1) is 0 Å². The molecule has 162 valence electrons.